The number of benzene rings is 1. The van der Waals surface area contributed by atoms with Gasteiger partial charge in [-0.05, 0) is 37.1 Å². The van der Waals surface area contributed by atoms with Crippen LogP contribution in [0.25, 0.3) is 10.9 Å². The number of halogens is 1. The van der Waals surface area contributed by atoms with Crippen molar-refractivity contribution in [2.24, 2.45) is 5.41 Å². The molecule has 108 valence electrons. The molecular weight excluding hydrogens is 272 g/mol. The van der Waals surface area contributed by atoms with E-state index in [2.05, 4.69) is 17.2 Å². The number of hydrogen-bond donors (Lipinski definition) is 2. The molecule has 0 aliphatic heterocycles. The van der Waals surface area contributed by atoms with Gasteiger partial charge < -0.3 is 10.3 Å². The van der Waals surface area contributed by atoms with Gasteiger partial charge in [-0.2, -0.15) is 0 Å². The number of rotatable bonds is 3. The van der Waals surface area contributed by atoms with E-state index in [0.29, 0.717) is 6.54 Å². The van der Waals surface area contributed by atoms with Crippen LogP contribution in [0.15, 0.2) is 18.2 Å². The number of nitrogens with one attached hydrogen (secondary N) is 2. The highest BCUT2D eigenvalue weighted by Crippen LogP contribution is 2.25. The molecule has 0 radical (unpaired) electrons. The van der Waals surface area contributed by atoms with Gasteiger partial charge in [-0.1, -0.05) is 32.4 Å². The number of aryl methyl sites for hydroxylation is 1. The topological polar surface area (TPSA) is 44.9 Å². The molecular formula is C16H21ClN2O. The Hall–Kier alpha value is -1.48. The van der Waals surface area contributed by atoms with E-state index in [1.165, 1.54) is 5.56 Å². The minimum absolute atomic E-state index is 0.0769. The van der Waals surface area contributed by atoms with E-state index in [1.54, 1.807) is 0 Å². The Kier molecular flexibility index (Phi) is 4.09. The summed E-state index contributed by atoms with van der Waals surface area (Å²) in [5.74, 6) is 0.0769. The Labute approximate surface area is 124 Å². The molecule has 1 aromatic carbocycles. The van der Waals surface area contributed by atoms with E-state index in [1.807, 2.05) is 39.0 Å². The Balaban J connectivity index is 2.12. The third-order valence-corrected chi connectivity index (χ3v) is 3.66. The molecule has 0 aliphatic carbocycles. The van der Waals surface area contributed by atoms with Crippen molar-refractivity contribution < 1.29 is 4.79 Å². The van der Waals surface area contributed by atoms with Gasteiger partial charge in [-0.25, -0.2) is 0 Å². The van der Waals surface area contributed by atoms with Gasteiger partial charge in [0.25, 0.3) is 0 Å². The molecule has 1 heterocycles. The lowest BCUT2D eigenvalue weighted by atomic mass is 9.95. The number of hydrogen-bond acceptors (Lipinski definition) is 1. The van der Waals surface area contributed by atoms with Gasteiger partial charge >= 0.3 is 0 Å². The van der Waals surface area contributed by atoms with Crippen molar-refractivity contribution >= 4 is 28.4 Å². The predicted octanol–water partition coefficient (Wildman–Crippen LogP) is 3.83. The molecule has 0 spiro atoms. The van der Waals surface area contributed by atoms with Crippen molar-refractivity contribution in [3.63, 3.8) is 0 Å². The minimum Gasteiger partial charge on any atom is -0.358 e. The molecule has 0 bridgehead atoms. The van der Waals surface area contributed by atoms with Crippen molar-refractivity contribution in [2.45, 2.75) is 34.1 Å². The largest absolute Gasteiger partial charge is 0.358 e. The Bertz CT molecular complexity index is 638. The minimum atomic E-state index is -0.349. The molecule has 4 heteroatoms. The first kappa shape index (κ1) is 14.9. The Morgan fingerprint density at radius 1 is 1.35 bits per heavy atom. The molecule has 2 aromatic rings. The quantitative estimate of drug-likeness (QED) is 0.887. The molecule has 0 fully saturated rings. The number of H-pyrrole nitrogens is 1. The first-order valence-electron chi connectivity index (χ1n) is 6.84. The van der Waals surface area contributed by atoms with Crippen LogP contribution < -0.4 is 5.32 Å². The summed E-state index contributed by atoms with van der Waals surface area (Å²) in [5, 5.41) is 4.85. The van der Waals surface area contributed by atoms with E-state index in [0.717, 1.165) is 28.0 Å². The maximum Gasteiger partial charge on any atom is 0.225 e. The summed E-state index contributed by atoms with van der Waals surface area (Å²) in [5.41, 5.74) is 3.09. The van der Waals surface area contributed by atoms with Crippen LogP contribution in [0.5, 0.6) is 0 Å². The van der Waals surface area contributed by atoms with Gasteiger partial charge in [-0.15, -0.1) is 0 Å². The van der Waals surface area contributed by atoms with Crippen molar-refractivity contribution in [1.29, 1.82) is 0 Å². The van der Waals surface area contributed by atoms with Crippen LogP contribution in [0, 0.1) is 12.3 Å². The normalized spacial score (nSPS) is 11.8. The fraction of sp³-hybridized carbons (Fsp3) is 0.438. The number of carbonyl (C=O) groups excluding carboxylic acids is 1. The highest BCUT2D eigenvalue weighted by Gasteiger charge is 2.20. The second-order valence-electron chi connectivity index (χ2n) is 6.17. The van der Waals surface area contributed by atoms with Crippen molar-refractivity contribution in [3.8, 4) is 0 Å². The maximum absolute atomic E-state index is 11.9. The van der Waals surface area contributed by atoms with Crippen LogP contribution in [0.3, 0.4) is 0 Å². The molecule has 0 saturated carbocycles. The number of fused-ring (bicyclic) bond motifs is 1. The Morgan fingerprint density at radius 2 is 2.05 bits per heavy atom. The average molecular weight is 293 g/mol. The first-order valence-corrected chi connectivity index (χ1v) is 7.22. The summed E-state index contributed by atoms with van der Waals surface area (Å²) in [6.45, 7) is 8.43. The fourth-order valence-corrected chi connectivity index (χ4v) is 2.42. The van der Waals surface area contributed by atoms with Crippen molar-refractivity contribution in [2.75, 3.05) is 6.54 Å². The van der Waals surface area contributed by atoms with Crippen LogP contribution in [-0.4, -0.2) is 17.4 Å². The average Bonchev–Trinajstić information content (AvgIpc) is 2.64. The van der Waals surface area contributed by atoms with Gasteiger partial charge in [0.15, 0.2) is 0 Å². The summed E-state index contributed by atoms with van der Waals surface area (Å²) in [7, 11) is 0. The van der Waals surface area contributed by atoms with E-state index in [9.17, 15) is 4.79 Å². The lowest BCUT2D eigenvalue weighted by Crippen LogP contribution is -2.35. The zero-order valence-electron chi connectivity index (χ0n) is 12.4. The zero-order chi connectivity index (χ0) is 14.9. The molecule has 0 atom stereocenters. The van der Waals surface area contributed by atoms with E-state index >= 15 is 0 Å². The highest BCUT2D eigenvalue weighted by molar-refractivity contribution is 6.31. The highest BCUT2D eigenvalue weighted by atomic mass is 35.5. The Morgan fingerprint density at radius 3 is 2.70 bits per heavy atom. The van der Waals surface area contributed by atoms with Gasteiger partial charge in [0.05, 0.1) is 0 Å². The maximum atomic E-state index is 11.9. The SMILES string of the molecule is Cc1[nH]c2ccc(Cl)cc2c1CCNC(=O)C(C)(C)C. The predicted molar refractivity (Wildman–Crippen MR) is 84.2 cm³/mol. The molecule has 3 nitrogen and oxygen atoms in total. The fourth-order valence-electron chi connectivity index (χ4n) is 2.24. The van der Waals surface area contributed by atoms with Gasteiger partial charge in [0.2, 0.25) is 5.91 Å². The summed E-state index contributed by atoms with van der Waals surface area (Å²) in [4.78, 5) is 15.2. The number of aromatic amines is 1. The van der Waals surface area contributed by atoms with Crippen LogP contribution in [0.1, 0.15) is 32.0 Å². The molecule has 20 heavy (non-hydrogen) atoms. The lowest BCUT2D eigenvalue weighted by molar-refractivity contribution is -0.128. The van der Waals surface area contributed by atoms with Crippen molar-refractivity contribution in [1.82, 2.24) is 10.3 Å². The summed E-state index contributed by atoms with van der Waals surface area (Å²) < 4.78 is 0. The van der Waals surface area contributed by atoms with Crippen molar-refractivity contribution in [3.05, 3.63) is 34.5 Å². The molecule has 2 rings (SSSR count). The van der Waals surface area contributed by atoms with Crippen LogP contribution in [0.4, 0.5) is 0 Å². The van der Waals surface area contributed by atoms with Gasteiger partial charge in [0, 0.05) is 33.6 Å². The van der Waals surface area contributed by atoms with Crippen LogP contribution >= 0.6 is 11.6 Å². The number of carbonyl (C=O) groups is 1. The summed E-state index contributed by atoms with van der Waals surface area (Å²) in [6.07, 6.45) is 0.800. The summed E-state index contributed by atoms with van der Waals surface area (Å²) >= 11 is 6.06. The first-order chi connectivity index (χ1) is 9.29. The van der Waals surface area contributed by atoms with E-state index in [4.69, 9.17) is 11.6 Å². The van der Waals surface area contributed by atoms with Crippen LogP contribution in [-0.2, 0) is 11.2 Å². The molecule has 0 saturated heterocycles. The molecule has 2 N–H and O–H groups in total. The van der Waals surface area contributed by atoms with Gasteiger partial charge in [0.1, 0.15) is 0 Å². The van der Waals surface area contributed by atoms with Gasteiger partial charge in [-0.3, -0.25) is 4.79 Å². The van der Waals surface area contributed by atoms with Crippen LogP contribution in [0.2, 0.25) is 5.02 Å². The van der Waals surface area contributed by atoms with E-state index in [-0.39, 0.29) is 11.3 Å². The lowest BCUT2D eigenvalue weighted by Gasteiger charge is -2.17. The number of amides is 1. The van der Waals surface area contributed by atoms with E-state index < -0.39 is 0 Å². The second kappa shape index (κ2) is 5.49. The molecule has 1 amide bonds. The zero-order valence-corrected chi connectivity index (χ0v) is 13.2. The second-order valence-corrected chi connectivity index (χ2v) is 6.61. The molecule has 1 aromatic heterocycles. The molecule has 0 aliphatic rings. The standard InChI is InChI=1S/C16H21ClN2O/c1-10-12(7-8-18-15(20)16(2,3)4)13-9-11(17)5-6-14(13)19-10/h5-6,9,19H,7-8H2,1-4H3,(H,18,20). The third-order valence-electron chi connectivity index (χ3n) is 3.42. The number of aromatic nitrogens is 1. The molecule has 0 unspecified atom stereocenters. The monoisotopic (exact) mass is 292 g/mol. The summed E-state index contributed by atoms with van der Waals surface area (Å²) in [6, 6.07) is 5.84. The third kappa shape index (κ3) is 3.15. The smallest absolute Gasteiger partial charge is 0.225 e.